The largest absolute Gasteiger partial charge is 0.494 e. The number of carbonyl (C=O) groups excluding carboxylic acids is 1. The van der Waals surface area contributed by atoms with E-state index in [2.05, 4.69) is 15.3 Å². The first kappa shape index (κ1) is 32.3. The van der Waals surface area contributed by atoms with Crippen LogP contribution in [-0.2, 0) is 22.6 Å². The summed E-state index contributed by atoms with van der Waals surface area (Å²) in [6, 6.07) is 31.9. The van der Waals surface area contributed by atoms with E-state index in [1.807, 2.05) is 97.1 Å². The molecule has 0 radical (unpaired) electrons. The highest BCUT2D eigenvalue weighted by Gasteiger charge is 2.53. The molecule has 0 spiro atoms. The van der Waals surface area contributed by atoms with Crippen LogP contribution in [0, 0.1) is 0 Å². The number of benzene rings is 4. The highest BCUT2D eigenvalue weighted by molar-refractivity contribution is 6.31. The van der Waals surface area contributed by atoms with Crippen molar-refractivity contribution in [2.24, 2.45) is 10.1 Å². The van der Waals surface area contributed by atoms with Crippen LogP contribution in [0.2, 0.25) is 5.02 Å². The van der Waals surface area contributed by atoms with Crippen LogP contribution in [0.3, 0.4) is 0 Å². The topological polar surface area (TPSA) is 129 Å². The van der Waals surface area contributed by atoms with Gasteiger partial charge in [0, 0.05) is 41.5 Å². The van der Waals surface area contributed by atoms with Gasteiger partial charge < -0.3 is 19.9 Å². The van der Waals surface area contributed by atoms with Crippen LogP contribution in [0.1, 0.15) is 46.8 Å². The third-order valence-electron chi connectivity index (χ3n) is 7.61. The summed E-state index contributed by atoms with van der Waals surface area (Å²) < 4.78 is 12.3. The van der Waals surface area contributed by atoms with E-state index in [9.17, 15) is 4.79 Å². The number of hydrogen-bond acceptors (Lipinski definition) is 6. The van der Waals surface area contributed by atoms with Crippen molar-refractivity contribution in [3.8, 4) is 5.75 Å². The molecule has 4 aromatic rings. The fourth-order valence-electron chi connectivity index (χ4n) is 5.24. The van der Waals surface area contributed by atoms with E-state index < -0.39 is 11.6 Å². The van der Waals surface area contributed by atoms with Crippen molar-refractivity contribution in [1.29, 1.82) is 0 Å². The SMILES string of the molecule is [N-]=[N+]=NCc1ccccc1[C@H]1OC(c2ccc(OCCCO)cc2)=N[C@@]1(C/C=C/c1ccccc1)C(=O)NCc1ccccc1Cl. The molecule has 4 aromatic carbocycles. The van der Waals surface area contributed by atoms with Gasteiger partial charge in [-0.3, -0.25) is 4.79 Å². The molecule has 1 aliphatic rings. The summed E-state index contributed by atoms with van der Waals surface area (Å²) in [4.78, 5) is 22.5. The zero-order valence-corrected chi connectivity index (χ0v) is 25.9. The van der Waals surface area contributed by atoms with Crippen LogP contribution in [-0.4, -0.2) is 35.7 Å². The number of nitrogens with one attached hydrogen (secondary N) is 1. The molecule has 0 bridgehead atoms. The summed E-state index contributed by atoms with van der Waals surface area (Å²) in [6.45, 7) is 0.712. The van der Waals surface area contributed by atoms with Gasteiger partial charge in [0.25, 0.3) is 5.91 Å². The van der Waals surface area contributed by atoms with E-state index in [0.29, 0.717) is 40.8 Å². The smallest absolute Gasteiger partial charge is 0.252 e. The minimum Gasteiger partial charge on any atom is -0.494 e. The lowest BCUT2D eigenvalue weighted by atomic mass is 9.82. The van der Waals surface area contributed by atoms with Crippen LogP contribution < -0.4 is 10.1 Å². The Kier molecular flexibility index (Phi) is 11.1. The summed E-state index contributed by atoms with van der Waals surface area (Å²) in [5, 5.41) is 16.5. The summed E-state index contributed by atoms with van der Waals surface area (Å²) in [7, 11) is 0. The van der Waals surface area contributed by atoms with Gasteiger partial charge in [-0.15, -0.1) is 0 Å². The van der Waals surface area contributed by atoms with Crippen molar-refractivity contribution in [1.82, 2.24) is 5.32 Å². The Morgan fingerprint density at radius 1 is 1.02 bits per heavy atom. The first-order valence-electron chi connectivity index (χ1n) is 15.0. The maximum Gasteiger partial charge on any atom is 0.252 e. The standard InChI is InChI=1S/C36H34ClN5O4/c37-32-16-7-5-14-29(32)24-39-35(44)36(21-8-12-26-10-2-1-3-11-26)33(31-15-6-4-13-28(31)25-40-42-38)46-34(41-36)27-17-19-30(20-18-27)45-23-9-22-43/h1-8,10-20,33,43H,9,21-25H2,(H,39,44)/b12-8+/t33-,36-/m1/s1. The third-order valence-corrected chi connectivity index (χ3v) is 7.98. The summed E-state index contributed by atoms with van der Waals surface area (Å²) in [5.41, 5.74) is 11.5. The molecule has 0 aliphatic carbocycles. The van der Waals surface area contributed by atoms with E-state index in [1.165, 1.54) is 0 Å². The van der Waals surface area contributed by atoms with Crippen LogP contribution in [0.25, 0.3) is 16.5 Å². The predicted molar refractivity (Wildman–Crippen MR) is 179 cm³/mol. The van der Waals surface area contributed by atoms with Gasteiger partial charge in [0.05, 0.1) is 13.2 Å². The fourth-order valence-corrected chi connectivity index (χ4v) is 5.45. The second-order valence-electron chi connectivity index (χ2n) is 10.7. The number of aliphatic hydroxyl groups is 1. The average molecular weight is 636 g/mol. The van der Waals surface area contributed by atoms with Crippen molar-refractivity contribution in [3.05, 3.63) is 152 Å². The number of amides is 1. The second kappa shape index (κ2) is 15.8. The molecule has 1 heterocycles. The van der Waals surface area contributed by atoms with E-state index in [1.54, 1.807) is 18.2 Å². The number of ether oxygens (including phenoxy) is 2. The summed E-state index contributed by atoms with van der Waals surface area (Å²) in [6.07, 6.45) is 3.78. The Morgan fingerprint density at radius 2 is 1.74 bits per heavy atom. The molecule has 0 fully saturated rings. The molecular formula is C36H34ClN5O4. The Labute approximate surface area is 272 Å². The fraction of sp³-hybridized carbons (Fsp3) is 0.222. The van der Waals surface area contributed by atoms with Gasteiger partial charge in [-0.2, -0.15) is 0 Å². The summed E-state index contributed by atoms with van der Waals surface area (Å²) in [5.74, 6) is 0.598. The average Bonchev–Trinajstić information content (AvgIpc) is 3.48. The van der Waals surface area contributed by atoms with Crippen molar-refractivity contribution < 1.29 is 19.4 Å². The Hall–Kier alpha value is -5.08. The predicted octanol–water partition coefficient (Wildman–Crippen LogP) is 7.59. The summed E-state index contributed by atoms with van der Waals surface area (Å²) >= 11 is 6.43. The molecule has 0 unspecified atom stereocenters. The monoisotopic (exact) mass is 635 g/mol. The number of rotatable bonds is 14. The van der Waals surface area contributed by atoms with Crippen LogP contribution in [0.15, 0.2) is 119 Å². The molecule has 234 valence electrons. The number of carbonyl (C=O) groups is 1. The molecule has 0 saturated heterocycles. The number of nitrogens with zero attached hydrogens (tertiary/aromatic N) is 4. The van der Waals surface area contributed by atoms with E-state index >= 15 is 0 Å². The van der Waals surface area contributed by atoms with Gasteiger partial charge in [0.15, 0.2) is 11.6 Å². The first-order valence-corrected chi connectivity index (χ1v) is 15.3. The minimum atomic E-state index is -1.43. The molecule has 46 heavy (non-hydrogen) atoms. The van der Waals surface area contributed by atoms with Crippen molar-refractivity contribution in [2.45, 2.75) is 37.6 Å². The third kappa shape index (κ3) is 7.76. The van der Waals surface area contributed by atoms with Crippen molar-refractivity contribution in [2.75, 3.05) is 13.2 Å². The molecule has 0 saturated carbocycles. The van der Waals surface area contributed by atoms with E-state index in [0.717, 1.165) is 16.7 Å². The molecule has 2 atom stereocenters. The number of halogens is 1. The molecular weight excluding hydrogens is 602 g/mol. The molecule has 9 nitrogen and oxygen atoms in total. The highest BCUT2D eigenvalue weighted by Crippen LogP contribution is 2.44. The Balaban J connectivity index is 1.58. The molecule has 0 aromatic heterocycles. The van der Waals surface area contributed by atoms with E-state index in [4.69, 9.17) is 36.7 Å². The lowest BCUT2D eigenvalue weighted by Gasteiger charge is -2.31. The quantitative estimate of drug-likeness (QED) is 0.0640. The van der Waals surface area contributed by atoms with Gasteiger partial charge in [-0.25, -0.2) is 4.99 Å². The number of hydrogen-bond donors (Lipinski definition) is 2. The minimum absolute atomic E-state index is 0.0462. The number of azide groups is 1. The van der Waals surface area contributed by atoms with Gasteiger partial charge >= 0.3 is 0 Å². The van der Waals surface area contributed by atoms with Gasteiger partial charge in [-0.05, 0) is 58.1 Å². The van der Waals surface area contributed by atoms with Crippen LogP contribution >= 0.6 is 11.6 Å². The van der Waals surface area contributed by atoms with Gasteiger partial charge in [0.1, 0.15) is 5.75 Å². The molecule has 1 amide bonds. The zero-order valence-electron chi connectivity index (χ0n) is 25.1. The maximum absolute atomic E-state index is 14.5. The Morgan fingerprint density at radius 3 is 2.48 bits per heavy atom. The lowest BCUT2D eigenvalue weighted by Crippen LogP contribution is -2.48. The van der Waals surface area contributed by atoms with Crippen LogP contribution in [0.5, 0.6) is 5.75 Å². The number of aliphatic imine (C=N–C) groups is 1. The number of aliphatic hydroxyl groups excluding tert-OH is 1. The molecule has 2 N–H and O–H groups in total. The molecule has 1 aliphatic heterocycles. The Bertz CT molecular complexity index is 1740. The highest BCUT2D eigenvalue weighted by atomic mass is 35.5. The second-order valence-corrected chi connectivity index (χ2v) is 11.1. The van der Waals surface area contributed by atoms with Crippen molar-refractivity contribution >= 4 is 29.5 Å². The molecule has 5 rings (SSSR count). The first-order chi connectivity index (χ1) is 22.5. The van der Waals surface area contributed by atoms with Gasteiger partial charge in [-0.1, -0.05) is 102 Å². The van der Waals surface area contributed by atoms with E-state index in [-0.39, 0.29) is 32.0 Å². The van der Waals surface area contributed by atoms with Gasteiger partial charge in [0.2, 0.25) is 5.90 Å². The van der Waals surface area contributed by atoms with Crippen molar-refractivity contribution in [3.63, 3.8) is 0 Å². The molecule has 10 heteroatoms. The maximum atomic E-state index is 14.5. The van der Waals surface area contributed by atoms with Crippen LogP contribution in [0.4, 0.5) is 0 Å². The normalized spacial score (nSPS) is 17.2. The zero-order chi connectivity index (χ0) is 32.2. The lowest BCUT2D eigenvalue weighted by molar-refractivity contribution is -0.129.